The maximum absolute atomic E-state index is 13.4. The summed E-state index contributed by atoms with van der Waals surface area (Å²) in [6, 6.07) is 8.19. The lowest BCUT2D eigenvalue weighted by Crippen LogP contribution is -2.46. The van der Waals surface area contributed by atoms with E-state index >= 15 is 0 Å². The summed E-state index contributed by atoms with van der Waals surface area (Å²) < 4.78 is 2.06. The first-order valence-electron chi connectivity index (χ1n) is 12.1. The number of amides is 3. The van der Waals surface area contributed by atoms with E-state index in [2.05, 4.69) is 10.4 Å². The molecule has 188 valence electrons. The second-order valence-electron chi connectivity index (χ2n) is 9.44. The van der Waals surface area contributed by atoms with Crippen molar-refractivity contribution in [2.75, 3.05) is 6.54 Å². The number of nitrogens with zero attached hydrogens (tertiary/aromatic N) is 3. The first-order chi connectivity index (χ1) is 17.3. The third-order valence-electron chi connectivity index (χ3n) is 7.02. The molecule has 1 saturated carbocycles. The molecule has 2 aromatic heterocycles. The van der Waals surface area contributed by atoms with Crippen LogP contribution in [0.15, 0.2) is 36.5 Å². The lowest BCUT2D eigenvalue weighted by Gasteiger charge is -2.29. The number of carbonyl (C=O) groups is 3. The number of halogens is 2. The third kappa shape index (κ3) is 4.82. The van der Waals surface area contributed by atoms with Gasteiger partial charge in [-0.3, -0.25) is 24.0 Å². The molecule has 0 spiro atoms. The summed E-state index contributed by atoms with van der Waals surface area (Å²) in [4.78, 5) is 41.0. The highest BCUT2D eigenvalue weighted by atomic mass is 35.5. The number of hydrogen-bond acceptors (Lipinski definition) is 5. The Morgan fingerprint density at radius 2 is 1.78 bits per heavy atom. The Balaban J connectivity index is 1.37. The molecule has 5 rings (SSSR count). The summed E-state index contributed by atoms with van der Waals surface area (Å²) in [6.45, 7) is 0.133. The van der Waals surface area contributed by atoms with Gasteiger partial charge in [0.05, 0.1) is 32.9 Å². The number of nitrogens with one attached hydrogen (secondary N) is 1. The molecule has 0 saturated heterocycles. The van der Waals surface area contributed by atoms with E-state index in [4.69, 9.17) is 23.2 Å². The van der Waals surface area contributed by atoms with E-state index in [1.807, 2.05) is 0 Å². The Bertz CT molecular complexity index is 1270. The fourth-order valence-corrected chi connectivity index (χ4v) is 6.69. The fraction of sp³-hybridized carbons (Fsp3) is 0.385. The molecule has 2 aliphatic rings. The predicted molar refractivity (Wildman–Crippen MR) is 141 cm³/mol. The van der Waals surface area contributed by atoms with Crippen molar-refractivity contribution < 1.29 is 14.4 Å². The molecule has 1 aliphatic carbocycles. The predicted octanol–water partition coefficient (Wildman–Crippen LogP) is 5.82. The van der Waals surface area contributed by atoms with Crippen molar-refractivity contribution >= 4 is 52.3 Å². The van der Waals surface area contributed by atoms with Crippen LogP contribution in [-0.4, -0.2) is 45.0 Å². The zero-order valence-corrected chi connectivity index (χ0v) is 22.1. The molecule has 1 fully saturated rings. The number of imide groups is 1. The molecule has 36 heavy (non-hydrogen) atoms. The van der Waals surface area contributed by atoms with E-state index in [1.165, 1.54) is 28.9 Å². The van der Waals surface area contributed by atoms with E-state index in [9.17, 15) is 14.4 Å². The van der Waals surface area contributed by atoms with Crippen molar-refractivity contribution in [2.45, 2.75) is 44.6 Å². The summed E-state index contributed by atoms with van der Waals surface area (Å²) >= 11 is 13.9. The minimum atomic E-state index is -0.368. The van der Waals surface area contributed by atoms with Crippen molar-refractivity contribution in [1.82, 2.24) is 20.0 Å². The molecule has 7 nitrogen and oxygen atoms in total. The number of fused-ring (bicyclic) bond motifs is 1. The van der Waals surface area contributed by atoms with Crippen LogP contribution >= 0.6 is 34.5 Å². The van der Waals surface area contributed by atoms with Gasteiger partial charge < -0.3 is 5.32 Å². The van der Waals surface area contributed by atoms with Gasteiger partial charge in [0.2, 0.25) is 0 Å². The Morgan fingerprint density at radius 1 is 1.11 bits per heavy atom. The van der Waals surface area contributed by atoms with Crippen LogP contribution in [0.4, 0.5) is 0 Å². The smallest absolute Gasteiger partial charge is 0.261 e. The second kappa shape index (κ2) is 10.4. The van der Waals surface area contributed by atoms with Crippen LogP contribution in [0.5, 0.6) is 0 Å². The average molecular weight is 545 g/mol. The number of aryl methyl sites for hydroxylation is 1. The molecule has 10 heteroatoms. The van der Waals surface area contributed by atoms with Gasteiger partial charge in [-0.15, -0.1) is 11.3 Å². The van der Waals surface area contributed by atoms with Gasteiger partial charge in [-0.05, 0) is 30.5 Å². The summed E-state index contributed by atoms with van der Waals surface area (Å²) in [5.74, 6) is -0.476. The SMILES string of the molecule is Cn1ncc(Cl)c1-c1cc(C(=O)N[C@@H](CC2CCCCC2)CN2C(=O)c3ccccc3C2=O)sc1Cl. The molecular formula is C26H26Cl2N4O3S. The van der Waals surface area contributed by atoms with Gasteiger partial charge in [0.1, 0.15) is 4.34 Å². The standard InChI is InChI=1S/C26H26Cl2N4O3S/c1-31-22(20(27)13-29-31)19-12-21(36-23(19)28)24(33)30-16(11-15-7-3-2-4-8-15)14-32-25(34)17-9-5-6-10-18(17)26(32)35/h5-6,9-10,12-13,15-16H,2-4,7-8,11,14H2,1H3,(H,30,33)/t16-/m0/s1. The summed E-state index contributed by atoms with van der Waals surface area (Å²) in [5.41, 5.74) is 2.10. The van der Waals surface area contributed by atoms with Gasteiger partial charge in [-0.25, -0.2) is 0 Å². The van der Waals surface area contributed by atoms with E-state index in [1.54, 1.807) is 42.1 Å². The Kier molecular flexibility index (Phi) is 7.19. The second-order valence-corrected chi connectivity index (χ2v) is 11.5. The maximum Gasteiger partial charge on any atom is 0.261 e. The third-order valence-corrected chi connectivity index (χ3v) is 8.65. The Morgan fingerprint density at radius 3 is 2.39 bits per heavy atom. The Labute approximate surface area is 223 Å². The highest BCUT2D eigenvalue weighted by Crippen LogP contribution is 2.39. The zero-order valence-electron chi connectivity index (χ0n) is 19.8. The van der Waals surface area contributed by atoms with E-state index in [-0.39, 0.29) is 30.3 Å². The number of benzene rings is 1. The van der Waals surface area contributed by atoms with E-state index in [0.29, 0.717) is 49.0 Å². The van der Waals surface area contributed by atoms with Gasteiger partial charge in [0.15, 0.2) is 0 Å². The zero-order chi connectivity index (χ0) is 25.4. The monoisotopic (exact) mass is 544 g/mol. The number of aromatic nitrogens is 2. The highest BCUT2D eigenvalue weighted by molar-refractivity contribution is 7.18. The van der Waals surface area contributed by atoms with E-state index < -0.39 is 0 Å². The van der Waals surface area contributed by atoms with Crippen LogP contribution in [0.1, 0.15) is 68.9 Å². The first kappa shape index (κ1) is 25.0. The average Bonchev–Trinajstić information content (AvgIpc) is 3.49. The van der Waals surface area contributed by atoms with E-state index in [0.717, 1.165) is 25.7 Å². The van der Waals surface area contributed by atoms with Crippen LogP contribution in [0.3, 0.4) is 0 Å². The minimum absolute atomic E-state index is 0.133. The molecule has 3 heterocycles. The number of thiophene rings is 1. The summed E-state index contributed by atoms with van der Waals surface area (Å²) in [6.07, 6.45) is 7.96. The lowest BCUT2D eigenvalue weighted by molar-refractivity contribution is 0.0620. The normalized spacial score (nSPS) is 16.9. The molecule has 1 aliphatic heterocycles. The van der Waals surface area contributed by atoms with Crippen LogP contribution in [0, 0.1) is 5.92 Å². The largest absolute Gasteiger partial charge is 0.347 e. The Hall–Kier alpha value is -2.68. The van der Waals surface area contributed by atoms with Gasteiger partial charge in [0, 0.05) is 25.2 Å². The molecule has 3 aromatic rings. The molecule has 0 bridgehead atoms. The summed E-state index contributed by atoms with van der Waals surface area (Å²) in [5, 5.41) is 7.70. The lowest BCUT2D eigenvalue weighted by atomic mass is 9.84. The van der Waals surface area contributed by atoms with Crippen LogP contribution < -0.4 is 5.32 Å². The van der Waals surface area contributed by atoms with Crippen LogP contribution in [0.25, 0.3) is 11.3 Å². The number of rotatable bonds is 7. The molecular weight excluding hydrogens is 519 g/mol. The van der Waals surface area contributed by atoms with Crippen molar-refractivity contribution in [2.24, 2.45) is 13.0 Å². The molecule has 0 radical (unpaired) electrons. The van der Waals surface area contributed by atoms with Crippen molar-refractivity contribution in [3.63, 3.8) is 0 Å². The van der Waals surface area contributed by atoms with Gasteiger partial charge in [-0.1, -0.05) is 67.4 Å². The van der Waals surface area contributed by atoms with Crippen molar-refractivity contribution in [3.8, 4) is 11.3 Å². The summed E-state index contributed by atoms with van der Waals surface area (Å²) in [7, 11) is 1.76. The number of hydrogen-bond donors (Lipinski definition) is 1. The molecule has 1 aromatic carbocycles. The fourth-order valence-electron chi connectivity index (χ4n) is 5.24. The highest BCUT2D eigenvalue weighted by Gasteiger charge is 2.37. The van der Waals surface area contributed by atoms with Crippen LogP contribution in [-0.2, 0) is 7.05 Å². The minimum Gasteiger partial charge on any atom is -0.347 e. The molecule has 1 atom stereocenters. The first-order valence-corrected chi connectivity index (χ1v) is 13.6. The molecule has 3 amide bonds. The van der Waals surface area contributed by atoms with Crippen molar-refractivity contribution in [1.29, 1.82) is 0 Å². The van der Waals surface area contributed by atoms with Crippen molar-refractivity contribution in [3.05, 3.63) is 61.9 Å². The van der Waals surface area contributed by atoms with Gasteiger partial charge >= 0.3 is 0 Å². The maximum atomic E-state index is 13.4. The van der Waals surface area contributed by atoms with Crippen LogP contribution in [0.2, 0.25) is 9.36 Å². The molecule has 1 N–H and O–H groups in total. The quantitative estimate of drug-likeness (QED) is 0.379. The van der Waals surface area contributed by atoms with Gasteiger partial charge in [-0.2, -0.15) is 5.10 Å². The molecule has 0 unspecified atom stereocenters. The topological polar surface area (TPSA) is 84.3 Å². The van der Waals surface area contributed by atoms with Gasteiger partial charge in [0.25, 0.3) is 17.7 Å². The number of carbonyl (C=O) groups excluding carboxylic acids is 3.